The van der Waals surface area contributed by atoms with Crippen LogP contribution in [0.2, 0.25) is 0 Å². The molecule has 0 fully saturated rings. The van der Waals surface area contributed by atoms with Gasteiger partial charge in [-0.25, -0.2) is 0 Å². The minimum atomic E-state index is 0.513. The van der Waals surface area contributed by atoms with E-state index >= 15 is 0 Å². The summed E-state index contributed by atoms with van der Waals surface area (Å²) in [5.74, 6) is 2.85. The van der Waals surface area contributed by atoms with E-state index in [1.165, 1.54) is 0 Å². The molecule has 0 spiro atoms. The molecule has 0 aliphatic carbocycles. The van der Waals surface area contributed by atoms with Gasteiger partial charge in [-0.2, -0.15) is 11.8 Å². The van der Waals surface area contributed by atoms with E-state index in [9.17, 15) is 0 Å². The van der Waals surface area contributed by atoms with Crippen LogP contribution in [0.1, 0.15) is 12.0 Å². The SMILES string of the molecule is C=CCOc1ccccc1CNC(=NC)NCCCSC. The maximum atomic E-state index is 5.64. The van der Waals surface area contributed by atoms with Crippen molar-refractivity contribution in [1.82, 2.24) is 10.6 Å². The number of nitrogens with one attached hydrogen (secondary N) is 2. The Morgan fingerprint density at radius 3 is 2.90 bits per heavy atom. The molecule has 0 amide bonds. The third kappa shape index (κ3) is 7.09. The summed E-state index contributed by atoms with van der Waals surface area (Å²) in [5, 5.41) is 6.61. The maximum Gasteiger partial charge on any atom is 0.191 e. The van der Waals surface area contributed by atoms with Crippen molar-refractivity contribution in [3.63, 3.8) is 0 Å². The molecule has 0 heterocycles. The Morgan fingerprint density at radius 1 is 1.38 bits per heavy atom. The molecular weight excluding hydrogens is 282 g/mol. The highest BCUT2D eigenvalue weighted by molar-refractivity contribution is 7.98. The fourth-order valence-corrected chi connectivity index (χ4v) is 2.20. The molecule has 0 aliphatic heterocycles. The van der Waals surface area contributed by atoms with Crippen molar-refractivity contribution >= 4 is 17.7 Å². The first kappa shape index (κ1) is 17.4. The zero-order valence-corrected chi connectivity index (χ0v) is 13.7. The Balaban J connectivity index is 2.47. The number of para-hydroxylation sites is 1. The van der Waals surface area contributed by atoms with Gasteiger partial charge in [-0.15, -0.1) is 0 Å². The molecule has 116 valence electrons. The van der Waals surface area contributed by atoms with Crippen LogP contribution in [0.15, 0.2) is 41.9 Å². The molecule has 0 saturated heterocycles. The lowest BCUT2D eigenvalue weighted by atomic mass is 10.2. The van der Waals surface area contributed by atoms with Gasteiger partial charge in [-0.05, 0) is 24.5 Å². The fraction of sp³-hybridized carbons (Fsp3) is 0.438. The quantitative estimate of drug-likeness (QED) is 0.319. The lowest BCUT2D eigenvalue weighted by Crippen LogP contribution is -2.37. The van der Waals surface area contributed by atoms with Crippen molar-refractivity contribution in [1.29, 1.82) is 0 Å². The van der Waals surface area contributed by atoms with E-state index in [-0.39, 0.29) is 0 Å². The highest BCUT2D eigenvalue weighted by atomic mass is 32.2. The number of benzene rings is 1. The van der Waals surface area contributed by atoms with Crippen LogP contribution in [0.5, 0.6) is 5.75 Å². The number of thioether (sulfide) groups is 1. The molecular formula is C16H25N3OS. The van der Waals surface area contributed by atoms with E-state index in [0.717, 1.165) is 36.0 Å². The Bertz CT molecular complexity index is 449. The molecule has 0 radical (unpaired) electrons. The van der Waals surface area contributed by atoms with Crippen LogP contribution in [0.4, 0.5) is 0 Å². The van der Waals surface area contributed by atoms with Crippen LogP contribution in [-0.4, -0.2) is 38.2 Å². The monoisotopic (exact) mass is 307 g/mol. The zero-order chi connectivity index (χ0) is 15.3. The average Bonchev–Trinajstić information content (AvgIpc) is 2.53. The highest BCUT2D eigenvalue weighted by Crippen LogP contribution is 2.17. The van der Waals surface area contributed by atoms with Crippen molar-refractivity contribution in [3.8, 4) is 5.75 Å². The number of nitrogens with zero attached hydrogens (tertiary/aromatic N) is 1. The summed E-state index contributed by atoms with van der Waals surface area (Å²) in [6.07, 6.45) is 4.99. The van der Waals surface area contributed by atoms with Crippen molar-refractivity contribution in [2.45, 2.75) is 13.0 Å². The van der Waals surface area contributed by atoms with Gasteiger partial charge in [-0.1, -0.05) is 30.9 Å². The van der Waals surface area contributed by atoms with Crippen molar-refractivity contribution in [2.75, 3.05) is 32.2 Å². The van der Waals surface area contributed by atoms with Crippen molar-refractivity contribution in [2.24, 2.45) is 4.99 Å². The van der Waals surface area contributed by atoms with E-state index in [4.69, 9.17) is 4.74 Å². The van der Waals surface area contributed by atoms with Gasteiger partial charge in [0, 0.05) is 25.7 Å². The highest BCUT2D eigenvalue weighted by Gasteiger charge is 2.03. The van der Waals surface area contributed by atoms with Crippen LogP contribution in [0.25, 0.3) is 0 Å². The van der Waals surface area contributed by atoms with Gasteiger partial charge in [-0.3, -0.25) is 4.99 Å². The first-order chi connectivity index (χ1) is 10.3. The summed E-state index contributed by atoms with van der Waals surface area (Å²) >= 11 is 1.86. The third-order valence-electron chi connectivity index (χ3n) is 2.82. The maximum absolute atomic E-state index is 5.64. The predicted molar refractivity (Wildman–Crippen MR) is 93.3 cm³/mol. The lowest BCUT2D eigenvalue weighted by Gasteiger charge is -2.14. The van der Waals surface area contributed by atoms with Gasteiger partial charge >= 0.3 is 0 Å². The van der Waals surface area contributed by atoms with Gasteiger partial charge in [0.2, 0.25) is 0 Å². The average molecular weight is 307 g/mol. The molecule has 1 rings (SSSR count). The topological polar surface area (TPSA) is 45.6 Å². The summed E-state index contributed by atoms with van der Waals surface area (Å²) in [7, 11) is 1.78. The second kappa shape index (κ2) is 11.1. The van der Waals surface area contributed by atoms with Crippen LogP contribution in [0.3, 0.4) is 0 Å². The molecule has 1 aromatic rings. The lowest BCUT2D eigenvalue weighted by molar-refractivity contribution is 0.358. The van der Waals surface area contributed by atoms with Crippen LogP contribution < -0.4 is 15.4 Å². The minimum Gasteiger partial charge on any atom is -0.489 e. The van der Waals surface area contributed by atoms with Gasteiger partial charge in [0.1, 0.15) is 12.4 Å². The first-order valence-electron chi connectivity index (χ1n) is 7.07. The molecule has 0 atom stereocenters. The second-order valence-corrected chi connectivity index (χ2v) is 5.39. The molecule has 0 aliphatic rings. The van der Waals surface area contributed by atoms with Gasteiger partial charge < -0.3 is 15.4 Å². The van der Waals surface area contributed by atoms with E-state index in [0.29, 0.717) is 13.2 Å². The van der Waals surface area contributed by atoms with Crippen LogP contribution in [-0.2, 0) is 6.54 Å². The summed E-state index contributed by atoms with van der Waals surface area (Å²) in [5.41, 5.74) is 1.10. The molecule has 2 N–H and O–H groups in total. The number of guanidine groups is 1. The van der Waals surface area contributed by atoms with Crippen molar-refractivity contribution < 1.29 is 4.74 Å². The standard InChI is InChI=1S/C16H25N3OS/c1-4-11-20-15-9-6-5-8-14(15)13-19-16(17-2)18-10-7-12-21-3/h4-6,8-9H,1,7,10-13H2,2-3H3,(H2,17,18,19). The van der Waals surface area contributed by atoms with E-state index < -0.39 is 0 Å². The summed E-state index contributed by atoms with van der Waals surface area (Å²) in [4.78, 5) is 4.22. The number of aliphatic imine (C=N–C) groups is 1. The first-order valence-corrected chi connectivity index (χ1v) is 8.46. The Labute approximate surface area is 132 Å². The Hall–Kier alpha value is -1.62. The van der Waals surface area contributed by atoms with Gasteiger partial charge in [0.05, 0.1) is 0 Å². The Morgan fingerprint density at radius 2 is 2.19 bits per heavy atom. The van der Waals surface area contributed by atoms with E-state index in [1.54, 1.807) is 13.1 Å². The number of rotatable bonds is 9. The summed E-state index contributed by atoms with van der Waals surface area (Å²) < 4.78 is 5.64. The Kier molecular flexibility index (Phi) is 9.20. The van der Waals surface area contributed by atoms with Gasteiger partial charge in [0.15, 0.2) is 5.96 Å². The van der Waals surface area contributed by atoms with E-state index in [1.807, 2.05) is 36.0 Å². The van der Waals surface area contributed by atoms with Gasteiger partial charge in [0.25, 0.3) is 0 Å². The normalized spacial score (nSPS) is 11.0. The third-order valence-corrected chi connectivity index (χ3v) is 3.51. The number of hydrogen-bond donors (Lipinski definition) is 2. The molecule has 0 bridgehead atoms. The van der Waals surface area contributed by atoms with Crippen LogP contribution >= 0.6 is 11.8 Å². The number of hydrogen-bond acceptors (Lipinski definition) is 3. The molecule has 4 nitrogen and oxygen atoms in total. The largest absolute Gasteiger partial charge is 0.489 e. The fourth-order valence-electron chi connectivity index (χ4n) is 1.76. The molecule has 0 unspecified atom stereocenters. The van der Waals surface area contributed by atoms with Crippen LogP contribution in [0, 0.1) is 0 Å². The summed E-state index contributed by atoms with van der Waals surface area (Å²) in [6.45, 7) is 5.78. The predicted octanol–water partition coefficient (Wildman–Crippen LogP) is 2.67. The van der Waals surface area contributed by atoms with Crippen molar-refractivity contribution in [3.05, 3.63) is 42.5 Å². The molecule has 0 saturated carbocycles. The smallest absolute Gasteiger partial charge is 0.191 e. The molecule has 5 heteroatoms. The molecule has 0 aromatic heterocycles. The minimum absolute atomic E-state index is 0.513. The zero-order valence-electron chi connectivity index (χ0n) is 12.9. The second-order valence-electron chi connectivity index (χ2n) is 4.41. The molecule has 1 aromatic carbocycles. The summed E-state index contributed by atoms with van der Waals surface area (Å²) in [6, 6.07) is 7.99. The van der Waals surface area contributed by atoms with E-state index in [2.05, 4.69) is 28.5 Å². The number of ether oxygens (including phenoxy) is 1. The molecule has 21 heavy (non-hydrogen) atoms.